The van der Waals surface area contributed by atoms with Crippen LogP contribution in [-0.2, 0) is 11.2 Å². The van der Waals surface area contributed by atoms with E-state index in [2.05, 4.69) is 10.5 Å². The molecule has 6 heteroatoms. The molecule has 0 radical (unpaired) electrons. The fourth-order valence-corrected chi connectivity index (χ4v) is 3.27. The molecular formula is C25H26N2O4. The number of nitrogens with one attached hydrogen (secondary N) is 1. The number of benzene rings is 3. The van der Waals surface area contributed by atoms with Gasteiger partial charge < -0.3 is 14.2 Å². The minimum Gasteiger partial charge on any atom is -0.493 e. The molecule has 6 nitrogen and oxygen atoms in total. The van der Waals surface area contributed by atoms with Gasteiger partial charge in [0.1, 0.15) is 0 Å². The first-order valence-corrected chi connectivity index (χ1v) is 9.93. The van der Waals surface area contributed by atoms with E-state index in [0.717, 1.165) is 16.7 Å². The number of carbonyl (C=O) groups excluding carboxylic acids is 1. The van der Waals surface area contributed by atoms with Crippen LogP contribution in [0.3, 0.4) is 0 Å². The lowest BCUT2D eigenvalue weighted by Crippen LogP contribution is -2.21. The molecule has 31 heavy (non-hydrogen) atoms. The molecule has 3 aromatic carbocycles. The molecule has 0 spiro atoms. The summed E-state index contributed by atoms with van der Waals surface area (Å²) in [4.78, 5) is 12.5. The monoisotopic (exact) mass is 418 g/mol. The van der Waals surface area contributed by atoms with Gasteiger partial charge in [-0.3, -0.25) is 4.79 Å². The number of hydrazone groups is 1. The van der Waals surface area contributed by atoms with Gasteiger partial charge in [-0.05, 0) is 18.1 Å². The molecule has 0 bridgehead atoms. The summed E-state index contributed by atoms with van der Waals surface area (Å²) in [7, 11) is 4.69. The topological polar surface area (TPSA) is 69.2 Å². The van der Waals surface area contributed by atoms with E-state index >= 15 is 0 Å². The summed E-state index contributed by atoms with van der Waals surface area (Å²) in [5.74, 6) is 1.46. The van der Waals surface area contributed by atoms with Gasteiger partial charge in [0.05, 0.1) is 27.0 Å². The standard InChI is InChI=1S/C25H26N2O4/c1-29-21-16-14-20(24(30-2)25(21)31-3)15-17-22(28)26-27-23(18-10-6-4-7-11-18)19-12-8-5-9-13-19/h4-14,16H,15,17H2,1-3H3,(H,26,28). The van der Waals surface area contributed by atoms with Crippen LogP contribution in [0.1, 0.15) is 23.1 Å². The number of methoxy groups -OCH3 is 3. The Kier molecular flexibility index (Phi) is 7.65. The number of rotatable bonds is 9. The molecule has 0 aliphatic carbocycles. The summed E-state index contributed by atoms with van der Waals surface area (Å²) in [6.45, 7) is 0. The lowest BCUT2D eigenvalue weighted by molar-refractivity contribution is -0.121. The SMILES string of the molecule is COc1ccc(CCC(=O)NN=C(c2ccccc2)c2ccccc2)c(OC)c1OC. The van der Waals surface area contributed by atoms with Gasteiger partial charge in [0.15, 0.2) is 11.5 Å². The van der Waals surface area contributed by atoms with Crippen LogP contribution in [0.25, 0.3) is 0 Å². The molecule has 0 aliphatic rings. The molecule has 0 atom stereocenters. The predicted molar refractivity (Wildman–Crippen MR) is 121 cm³/mol. The third-order valence-electron chi connectivity index (χ3n) is 4.79. The van der Waals surface area contributed by atoms with E-state index in [1.165, 1.54) is 0 Å². The predicted octanol–water partition coefficient (Wildman–Crippen LogP) is 4.21. The van der Waals surface area contributed by atoms with Crippen molar-refractivity contribution < 1.29 is 19.0 Å². The van der Waals surface area contributed by atoms with E-state index in [4.69, 9.17) is 14.2 Å². The minimum absolute atomic E-state index is 0.193. The second kappa shape index (κ2) is 10.8. The second-order valence-electron chi connectivity index (χ2n) is 6.72. The highest BCUT2D eigenvalue weighted by atomic mass is 16.5. The van der Waals surface area contributed by atoms with Crippen molar-refractivity contribution in [2.45, 2.75) is 12.8 Å². The molecule has 3 rings (SSSR count). The molecule has 1 N–H and O–H groups in total. The molecule has 160 valence electrons. The third kappa shape index (κ3) is 5.42. The van der Waals surface area contributed by atoms with Crippen molar-refractivity contribution in [2.24, 2.45) is 5.10 Å². The van der Waals surface area contributed by atoms with Crippen LogP contribution in [-0.4, -0.2) is 32.9 Å². The first kappa shape index (κ1) is 21.9. The van der Waals surface area contributed by atoms with Gasteiger partial charge in [-0.25, -0.2) is 5.43 Å². The van der Waals surface area contributed by atoms with Crippen LogP contribution in [0, 0.1) is 0 Å². The van der Waals surface area contributed by atoms with Gasteiger partial charge in [-0.15, -0.1) is 0 Å². The van der Waals surface area contributed by atoms with E-state index in [0.29, 0.717) is 29.4 Å². The van der Waals surface area contributed by atoms with Crippen LogP contribution in [0.15, 0.2) is 77.9 Å². The van der Waals surface area contributed by atoms with Crippen LogP contribution in [0.5, 0.6) is 17.2 Å². The van der Waals surface area contributed by atoms with Crippen molar-refractivity contribution in [3.05, 3.63) is 89.5 Å². The number of aryl methyl sites for hydroxylation is 1. The zero-order valence-corrected chi connectivity index (χ0v) is 17.9. The Morgan fingerprint density at radius 3 is 1.87 bits per heavy atom. The fourth-order valence-electron chi connectivity index (χ4n) is 3.27. The number of amides is 1. The highest BCUT2D eigenvalue weighted by Crippen LogP contribution is 2.40. The smallest absolute Gasteiger partial charge is 0.240 e. The molecule has 3 aromatic rings. The molecule has 0 fully saturated rings. The van der Waals surface area contributed by atoms with Gasteiger partial charge in [0, 0.05) is 17.5 Å². The van der Waals surface area contributed by atoms with Gasteiger partial charge in [-0.2, -0.15) is 5.10 Å². The quantitative estimate of drug-likeness (QED) is 0.417. The van der Waals surface area contributed by atoms with Crippen LogP contribution in [0.4, 0.5) is 0 Å². The van der Waals surface area contributed by atoms with Crippen molar-refractivity contribution in [2.75, 3.05) is 21.3 Å². The fraction of sp³-hybridized carbons (Fsp3) is 0.200. The van der Waals surface area contributed by atoms with Crippen molar-refractivity contribution in [1.29, 1.82) is 0 Å². The van der Waals surface area contributed by atoms with Gasteiger partial charge in [0.25, 0.3) is 0 Å². The van der Waals surface area contributed by atoms with Crippen LogP contribution >= 0.6 is 0 Å². The Hall–Kier alpha value is -3.80. The maximum absolute atomic E-state index is 12.5. The molecule has 0 unspecified atom stereocenters. The molecule has 0 aliphatic heterocycles. The normalized spacial score (nSPS) is 10.2. The largest absolute Gasteiger partial charge is 0.493 e. The number of carbonyl (C=O) groups is 1. The summed E-state index contributed by atoms with van der Waals surface area (Å²) >= 11 is 0. The van der Waals surface area contributed by atoms with E-state index in [1.807, 2.05) is 66.7 Å². The molecular weight excluding hydrogens is 392 g/mol. The molecule has 0 aromatic heterocycles. The number of hydrogen-bond donors (Lipinski definition) is 1. The molecule has 0 saturated carbocycles. The maximum Gasteiger partial charge on any atom is 0.240 e. The van der Waals surface area contributed by atoms with Crippen molar-refractivity contribution in [3.63, 3.8) is 0 Å². The molecule has 0 saturated heterocycles. The lowest BCUT2D eigenvalue weighted by Gasteiger charge is -2.15. The second-order valence-corrected chi connectivity index (χ2v) is 6.72. The number of ether oxygens (including phenoxy) is 3. The van der Waals surface area contributed by atoms with E-state index in [-0.39, 0.29) is 12.3 Å². The van der Waals surface area contributed by atoms with Crippen LogP contribution < -0.4 is 19.6 Å². The summed E-state index contributed by atoms with van der Waals surface area (Å²) in [5.41, 5.74) is 6.10. The highest BCUT2D eigenvalue weighted by Gasteiger charge is 2.16. The first-order chi connectivity index (χ1) is 15.2. The summed E-state index contributed by atoms with van der Waals surface area (Å²) in [6.07, 6.45) is 0.711. The van der Waals surface area contributed by atoms with Crippen molar-refractivity contribution in [1.82, 2.24) is 5.43 Å². The Bertz CT molecular complexity index is 993. The summed E-state index contributed by atoms with van der Waals surface area (Å²) in [5, 5.41) is 4.42. The minimum atomic E-state index is -0.193. The van der Waals surface area contributed by atoms with E-state index in [1.54, 1.807) is 27.4 Å². The number of hydrogen-bond acceptors (Lipinski definition) is 5. The Morgan fingerprint density at radius 2 is 1.35 bits per heavy atom. The maximum atomic E-state index is 12.5. The average Bonchev–Trinajstić information content (AvgIpc) is 2.83. The zero-order valence-electron chi connectivity index (χ0n) is 17.9. The van der Waals surface area contributed by atoms with Gasteiger partial charge in [-0.1, -0.05) is 66.7 Å². The lowest BCUT2D eigenvalue weighted by atomic mass is 10.0. The zero-order chi connectivity index (χ0) is 22.1. The summed E-state index contributed by atoms with van der Waals surface area (Å²) < 4.78 is 16.2. The Labute approximate surface area is 182 Å². The molecule has 1 amide bonds. The average molecular weight is 418 g/mol. The van der Waals surface area contributed by atoms with Crippen LogP contribution in [0.2, 0.25) is 0 Å². The van der Waals surface area contributed by atoms with E-state index < -0.39 is 0 Å². The Morgan fingerprint density at radius 1 is 0.774 bits per heavy atom. The van der Waals surface area contributed by atoms with Gasteiger partial charge >= 0.3 is 0 Å². The van der Waals surface area contributed by atoms with E-state index in [9.17, 15) is 4.79 Å². The molecule has 0 heterocycles. The first-order valence-electron chi connectivity index (χ1n) is 9.93. The highest BCUT2D eigenvalue weighted by molar-refractivity contribution is 6.13. The summed E-state index contributed by atoms with van der Waals surface area (Å²) in [6, 6.07) is 23.2. The third-order valence-corrected chi connectivity index (χ3v) is 4.79. The van der Waals surface area contributed by atoms with Crippen molar-refractivity contribution in [3.8, 4) is 17.2 Å². The number of nitrogens with zero attached hydrogens (tertiary/aromatic N) is 1. The van der Waals surface area contributed by atoms with Gasteiger partial charge in [0.2, 0.25) is 11.7 Å². The van der Waals surface area contributed by atoms with Crippen molar-refractivity contribution >= 4 is 11.6 Å². The Balaban J connectivity index is 1.75.